The van der Waals surface area contributed by atoms with Crippen molar-refractivity contribution < 1.29 is 14.0 Å². The van der Waals surface area contributed by atoms with Crippen molar-refractivity contribution in [1.29, 1.82) is 0 Å². The number of nitrogens with two attached hydrogens (primary N) is 2. The van der Waals surface area contributed by atoms with Gasteiger partial charge in [0.2, 0.25) is 11.8 Å². The summed E-state index contributed by atoms with van der Waals surface area (Å²) in [5, 5.41) is 2.86. The number of anilines is 1. The Labute approximate surface area is 130 Å². The van der Waals surface area contributed by atoms with Gasteiger partial charge in [0.05, 0.1) is 10.6 Å². The minimum Gasteiger partial charge on any atom is -0.368 e. The van der Waals surface area contributed by atoms with E-state index in [0.717, 1.165) is 0 Å². The van der Waals surface area contributed by atoms with Gasteiger partial charge in [0.1, 0.15) is 17.7 Å². The summed E-state index contributed by atoms with van der Waals surface area (Å²) < 4.78 is 12.9. The minimum absolute atomic E-state index is 0.102. The summed E-state index contributed by atoms with van der Waals surface area (Å²) in [6.45, 7) is 0. The molecule has 8 heteroatoms. The van der Waals surface area contributed by atoms with Crippen LogP contribution >= 0.6 is 11.6 Å². The zero-order chi connectivity index (χ0) is 16.3. The van der Waals surface area contributed by atoms with E-state index in [2.05, 4.69) is 10.3 Å². The summed E-state index contributed by atoms with van der Waals surface area (Å²) in [7, 11) is 0. The minimum atomic E-state index is -0.954. The van der Waals surface area contributed by atoms with E-state index in [4.69, 9.17) is 23.1 Å². The number of primary amides is 2. The molecule has 22 heavy (non-hydrogen) atoms. The first-order valence-electron chi connectivity index (χ1n) is 6.15. The van der Waals surface area contributed by atoms with Gasteiger partial charge in [-0.1, -0.05) is 23.7 Å². The Morgan fingerprint density at radius 3 is 2.36 bits per heavy atom. The molecule has 0 aliphatic carbocycles. The molecule has 0 bridgehead atoms. The van der Waals surface area contributed by atoms with Crippen LogP contribution in [0.4, 0.5) is 10.2 Å². The van der Waals surface area contributed by atoms with Crippen LogP contribution in [0, 0.1) is 5.82 Å². The Morgan fingerprint density at radius 2 is 1.86 bits per heavy atom. The predicted octanol–water partition coefficient (Wildman–Crippen LogP) is 1.61. The Bertz CT molecular complexity index is 721. The molecule has 1 atom stereocenters. The molecule has 0 aliphatic rings. The number of rotatable bonds is 5. The van der Waals surface area contributed by atoms with Gasteiger partial charge >= 0.3 is 0 Å². The van der Waals surface area contributed by atoms with Crippen LogP contribution in [-0.2, 0) is 4.79 Å². The van der Waals surface area contributed by atoms with Gasteiger partial charge in [0, 0.05) is 6.20 Å². The van der Waals surface area contributed by atoms with Crippen LogP contribution in [0.5, 0.6) is 0 Å². The fourth-order valence-corrected chi connectivity index (χ4v) is 2.01. The van der Waals surface area contributed by atoms with Crippen molar-refractivity contribution in [3.63, 3.8) is 0 Å². The summed E-state index contributed by atoms with van der Waals surface area (Å²) in [5.41, 5.74) is 11.0. The van der Waals surface area contributed by atoms with Gasteiger partial charge in [-0.15, -0.1) is 0 Å². The van der Waals surface area contributed by atoms with Crippen LogP contribution in [0.3, 0.4) is 0 Å². The highest BCUT2D eigenvalue weighted by atomic mass is 35.5. The van der Waals surface area contributed by atoms with Crippen molar-refractivity contribution in [2.24, 2.45) is 11.5 Å². The largest absolute Gasteiger partial charge is 0.368 e. The van der Waals surface area contributed by atoms with Gasteiger partial charge in [0.25, 0.3) is 0 Å². The molecule has 0 saturated heterocycles. The predicted molar refractivity (Wildman–Crippen MR) is 79.7 cm³/mol. The molecule has 1 heterocycles. The Hall–Kier alpha value is -2.67. The first kappa shape index (κ1) is 15.7. The fourth-order valence-electron chi connectivity index (χ4n) is 1.79. The van der Waals surface area contributed by atoms with Crippen LogP contribution in [0.2, 0.25) is 5.02 Å². The molecule has 0 spiro atoms. The number of halogens is 2. The molecule has 6 nitrogen and oxygen atoms in total. The molecule has 1 aromatic heterocycles. The molecular weight excluding hydrogens is 311 g/mol. The number of pyridine rings is 1. The van der Waals surface area contributed by atoms with Crippen LogP contribution in [0.1, 0.15) is 22.0 Å². The molecule has 0 saturated carbocycles. The van der Waals surface area contributed by atoms with E-state index in [0.29, 0.717) is 5.56 Å². The van der Waals surface area contributed by atoms with Crippen LogP contribution in [0.15, 0.2) is 36.5 Å². The lowest BCUT2D eigenvalue weighted by Crippen LogP contribution is -2.28. The highest BCUT2D eigenvalue weighted by molar-refractivity contribution is 6.33. The molecule has 114 valence electrons. The maximum atomic E-state index is 12.9. The van der Waals surface area contributed by atoms with Crippen molar-refractivity contribution in [3.05, 3.63) is 58.5 Å². The van der Waals surface area contributed by atoms with E-state index in [1.807, 2.05) is 0 Å². The second-order valence-corrected chi connectivity index (χ2v) is 4.86. The molecule has 1 unspecified atom stereocenters. The Morgan fingerprint density at radius 1 is 1.23 bits per heavy atom. The second-order valence-electron chi connectivity index (χ2n) is 4.45. The van der Waals surface area contributed by atoms with E-state index >= 15 is 0 Å². The third-order valence-corrected chi connectivity index (χ3v) is 3.18. The average Bonchev–Trinajstić information content (AvgIpc) is 2.46. The number of amides is 2. The van der Waals surface area contributed by atoms with Crippen molar-refractivity contribution >= 4 is 29.2 Å². The number of hydrogen-bond acceptors (Lipinski definition) is 4. The first-order valence-corrected chi connectivity index (χ1v) is 6.53. The van der Waals surface area contributed by atoms with Gasteiger partial charge < -0.3 is 16.8 Å². The summed E-state index contributed by atoms with van der Waals surface area (Å²) in [4.78, 5) is 26.6. The number of aromatic nitrogens is 1. The summed E-state index contributed by atoms with van der Waals surface area (Å²) in [6.07, 6.45) is 1.22. The molecule has 0 radical (unpaired) electrons. The molecule has 0 aliphatic heterocycles. The topological polar surface area (TPSA) is 111 Å². The summed E-state index contributed by atoms with van der Waals surface area (Å²) >= 11 is 5.99. The number of nitrogens with zero attached hydrogens (tertiary/aromatic N) is 1. The second kappa shape index (κ2) is 6.40. The highest BCUT2D eigenvalue weighted by Gasteiger charge is 2.20. The van der Waals surface area contributed by atoms with Crippen molar-refractivity contribution in [2.45, 2.75) is 6.04 Å². The lowest BCUT2D eigenvalue weighted by molar-refractivity contribution is -0.118. The first-order chi connectivity index (χ1) is 10.4. The average molecular weight is 323 g/mol. The van der Waals surface area contributed by atoms with Crippen molar-refractivity contribution in [1.82, 2.24) is 4.98 Å². The molecule has 1 aromatic carbocycles. The lowest BCUT2D eigenvalue weighted by Gasteiger charge is -2.17. The number of nitrogens with one attached hydrogen (secondary N) is 1. The van der Waals surface area contributed by atoms with Gasteiger partial charge in [-0.05, 0) is 23.8 Å². The van der Waals surface area contributed by atoms with E-state index in [9.17, 15) is 14.0 Å². The third-order valence-electron chi connectivity index (χ3n) is 2.89. The molecule has 2 rings (SSSR count). The van der Waals surface area contributed by atoms with Crippen molar-refractivity contribution in [2.75, 3.05) is 5.32 Å². The Kier molecular flexibility index (Phi) is 4.57. The highest BCUT2D eigenvalue weighted by Crippen LogP contribution is 2.25. The maximum absolute atomic E-state index is 12.9. The summed E-state index contributed by atoms with van der Waals surface area (Å²) in [5.74, 6) is -1.65. The number of carbonyl (C=O) groups is 2. The molecule has 2 amide bonds. The molecule has 0 fully saturated rings. The fraction of sp³-hybridized carbons (Fsp3) is 0.0714. The zero-order valence-electron chi connectivity index (χ0n) is 11.2. The maximum Gasteiger partial charge on any atom is 0.250 e. The van der Waals surface area contributed by atoms with Gasteiger partial charge in [-0.25, -0.2) is 9.37 Å². The number of carbonyl (C=O) groups excluding carboxylic acids is 2. The zero-order valence-corrected chi connectivity index (χ0v) is 12.0. The standard InChI is InChI=1S/C14H12ClFN4O2/c15-10-5-8(12(17)21)6-19-14(10)20-11(13(18)22)7-1-3-9(16)4-2-7/h1-6,11H,(H2,17,21)(H2,18,22)(H,19,20). The van der Waals surface area contributed by atoms with E-state index in [-0.39, 0.29) is 16.4 Å². The van der Waals surface area contributed by atoms with Crippen LogP contribution < -0.4 is 16.8 Å². The number of benzene rings is 1. The van der Waals surface area contributed by atoms with Crippen LogP contribution in [-0.4, -0.2) is 16.8 Å². The van der Waals surface area contributed by atoms with E-state index in [1.54, 1.807) is 0 Å². The monoisotopic (exact) mass is 322 g/mol. The molecule has 2 aromatic rings. The van der Waals surface area contributed by atoms with E-state index < -0.39 is 23.7 Å². The van der Waals surface area contributed by atoms with E-state index in [1.165, 1.54) is 36.5 Å². The molecular formula is C14H12ClFN4O2. The summed E-state index contributed by atoms with van der Waals surface area (Å²) in [6, 6.07) is 5.62. The number of hydrogen-bond donors (Lipinski definition) is 3. The van der Waals surface area contributed by atoms with Gasteiger partial charge in [-0.3, -0.25) is 9.59 Å². The van der Waals surface area contributed by atoms with Crippen molar-refractivity contribution in [3.8, 4) is 0 Å². The quantitative estimate of drug-likeness (QED) is 0.776. The SMILES string of the molecule is NC(=O)c1cnc(NC(C(N)=O)c2ccc(F)cc2)c(Cl)c1. The smallest absolute Gasteiger partial charge is 0.250 e. The van der Waals surface area contributed by atoms with Gasteiger partial charge in [-0.2, -0.15) is 0 Å². The normalized spacial score (nSPS) is 11.7. The lowest BCUT2D eigenvalue weighted by atomic mass is 10.1. The third kappa shape index (κ3) is 3.50. The van der Waals surface area contributed by atoms with Gasteiger partial charge in [0.15, 0.2) is 0 Å². The van der Waals surface area contributed by atoms with Crippen LogP contribution in [0.25, 0.3) is 0 Å². The molecule has 5 N–H and O–H groups in total. The Balaban J connectivity index is 2.30.